The Kier molecular flexibility index (Phi) is 4.95. The van der Waals surface area contributed by atoms with E-state index in [1.165, 1.54) is 43.3 Å². The maximum Gasteiger partial charge on any atom is 0.261 e. The van der Waals surface area contributed by atoms with E-state index in [1.54, 1.807) is 12.1 Å². The van der Waals surface area contributed by atoms with E-state index >= 15 is 0 Å². The number of carbonyl (C=O) groups is 1. The molecule has 128 valence electrons. The van der Waals surface area contributed by atoms with Crippen molar-refractivity contribution >= 4 is 37.2 Å². The minimum absolute atomic E-state index is 0.0798. The first-order valence-corrected chi connectivity index (χ1v) is 10.2. The normalized spacial score (nSPS) is 11.8. The van der Waals surface area contributed by atoms with Crippen LogP contribution in [0.3, 0.4) is 0 Å². The van der Waals surface area contributed by atoms with E-state index in [2.05, 4.69) is 9.44 Å². The number of nitrogens with one attached hydrogen (secondary N) is 2. The van der Waals surface area contributed by atoms with Gasteiger partial charge in [0.2, 0.25) is 10.0 Å². The number of ketones is 1. The SMILES string of the molecule is CC(=O)c1cccc(S(=O)(=O)Nc2ccccc2NS(C)(=O)=O)c1. The summed E-state index contributed by atoms with van der Waals surface area (Å²) in [6, 6.07) is 11.6. The molecule has 0 saturated carbocycles. The van der Waals surface area contributed by atoms with Crippen LogP contribution in [-0.2, 0) is 20.0 Å². The van der Waals surface area contributed by atoms with Crippen molar-refractivity contribution in [3.05, 3.63) is 54.1 Å². The lowest BCUT2D eigenvalue weighted by atomic mass is 10.2. The zero-order valence-corrected chi connectivity index (χ0v) is 14.6. The van der Waals surface area contributed by atoms with Crippen LogP contribution in [0.5, 0.6) is 0 Å². The Morgan fingerprint density at radius 2 is 1.46 bits per heavy atom. The summed E-state index contributed by atoms with van der Waals surface area (Å²) in [5.41, 5.74) is 0.447. The number of para-hydroxylation sites is 2. The van der Waals surface area contributed by atoms with Crippen LogP contribution in [0, 0.1) is 0 Å². The fraction of sp³-hybridized carbons (Fsp3) is 0.133. The number of hydrogen-bond acceptors (Lipinski definition) is 5. The highest BCUT2D eigenvalue weighted by atomic mass is 32.2. The number of hydrogen-bond donors (Lipinski definition) is 2. The van der Waals surface area contributed by atoms with Gasteiger partial charge in [0.25, 0.3) is 10.0 Å². The Morgan fingerprint density at radius 3 is 2.00 bits per heavy atom. The van der Waals surface area contributed by atoms with Gasteiger partial charge in [0, 0.05) is 5.56 Å². The van der Waals surface area contributed by atoms with Gasteiger partial charge in [-0.05, 0) is 31.2 Å². The third-order valence-corrected chi connectivity index (χ3v) is 4.97. The minimum Gasteiger partial charge on any atom is -0.295 e. The Labute approximate surface area is 140 Å². The predicted octanol–water partition coefficient (Wildman–Crippen LogP) is 2.06. The van der Waals surface area contributed by atoms with Crippen molar-refractivity contribution in [1.29, 1.82) is 0 Å². The number of carbonyl (C=O) groups excluding carboxylic acids is 1. The highest BCUT2D eigenvalue weighted by Crippen LogP contribution is 2.25. The van der Waals surface area contributed by atoms with Gasteiger partial charge >= 0.3 is 0 Å². The fourth-order valence-corrected chi connectivity index (χ4v) is 3.65. The summed E-state index contributed by atoms with van der Waals surface area (Å²) in [6.45, 7) is 1.34. The maximum atomic E-state index is 12.5. The molecule has 0 heterocycles. The van der Waals surface area contributed by atoms with E-state index < -0.39 is 20.0 Å². The molecule has 0 saturated heterocycles. The van der Waals surface area contributed by atoms with Crippen LogP contribution in [-0.4, -0.2) is 28.9 Å². The summed E-state index contributed by atoms with van der Waals surface area (Å²) < 4.78 is 52.3. The molecule has 2 N–H and O–H groups in total. The zero-order chi connectivity index (χ0) is 18.0. The molecule has 0 amide bonds. The van der Waals surface area contributed by atoms with Crippen molar-refractivity contribution in [3.63, 3.8) is 0 Å². The Hall–Kier alpha value is -2.39. The largest absolute Gasteiger partial charge is 0.295 e. The lowest BCUT2D eigenvalue weighted by Gasteiger charge is -2.13. The van der Waals surface area contributed by atoms with E-state index in [-0.39, 0.29) is 27.6 Å². The van der Waals surface area contributed by atoms with Crippen molar-refractivity contribution in [1.82, 2.24) is 0 Å². The van der Waals surface area contributed by atoms with Crippen LogP contribution in [0.25, 0.3) is 0 Å². The highest BCUT2D eigenvalue weighted by Gasteiger charge is 2.18. The van der Waals surface area contributed by atoms with Crippen LogP contribution < -0.4 is 9.44 Å². The van der Waals surface area contributed by atoms with E-state index in [0.717, 1.165) is 6.26 Å². The van der Waals surface area contributed by atoms with Crippen LogP contribution in [0.1, 0.15) is 17.3 Å². The Balaban J connectivity index is 2.40. The van der Waals surface area contributed by atoms with Gasteiger partial charge < -0.3 is 0 Å². The summed E-state index contributed by atoms with van der Waals surface area (Å²) in [6.07, 6.45) is 0.967. The quantitative estimate of drug-likeness (QED) is 0.759. The molecule has 2 aromatic carbocycles. The lowest BCUT2D eigenvalue weighted by molar-refractivity contribution is 0.101. The molecule has 0 aliphatic rings. The van der Waals surface area contributed by atoms with Gasteiger partial charge in [-0.1, -0.05) is 24.3 Å². The summed E-state index contributed by atoms with van der Waals surface area (Å²) in [5.74, 6) is -0.258. The maximum absolute atomic E-state index is 12.5. The second-order valence-electron chi connectivity index (χ2n) is 5.11. The molecule has 0 aromatic heterocycles. The molecule has 0 aliphatic carbocycles. The van der Waals surface area contributed by atoms with Gasteiger partial charge in [-0.2, -0.15) is 0 Å². The summed E-state index contributed by atoms with van der Waals surface area (Å²) >= 11 is 0. The smallest absolute Gasteiger partial charge is 0.261 e. The molecular weight excluding hydrogens is 352 g/mol. The van der Waals surface area contributed by atoms with E-state index in [1.807, 2.05) is 0 Å². The molecule has 24 heavy (non-hydrogen) atoms. The van der Waals surface area contributed by atoms with E-state index in [9.17, 15) is 21.6 Å². The topological polar surface area (TPSA) is 109 Å². The van der Waals surface area contributed by atoms with Gasteiger partial charge in [-0.25, -0.2) is 16.8 Å². The van der Waals surface area contributed by atoms with Crippen LogP contribution in [0.15, 0.2) is 53.4 Å². The summed E-state index contributed by atoms with van der Waals surface area (Å²) in [4.78, 5) is 11.3. The fourth-order valence-electron chi connectivity index (χ4n) is 1.95. The Bertz CT molecular complexity index is 982. The second-order valence-corrected chi connectivity index (χ2v) is 8.54. The van der Waals surface area contributed by atoms with Crippen LogP contribution in [0.4, 0.5) is 11.4 Å². The van der Waals surface area contributed by atoms with Gasteiger partial charge in [-0.3, -0.25) is 14.2 Å². The number of Topliss-reactive ketones (excluding diaryl/α,β-unsaturated/α-hetero) is 1. The molecular formula is C15H16N2O5S2. The molecule has 7 nitrogen and oxygen atoms in total. The van der Waals surface area contributed by atoms with Gasteiger partial charge in [0.15, 0.2) is 5.78 Å². The Morgan fingerprint density at radius 1 is 0.875 bits per heavy atom. The first-order chi connectivity index (χ1) is 11.1. The van der Waals surface area contributed by atoms with E-state index in [4.69, 9.17) is 0 Å². The molecule has 0 unspecified atom stereocenters. The molecule has 0 aliphatic heterocycles. The standard InChI is InChI=1S/C15H16N2O5S2/c1-11(18)12-6-5-7-13(10-12)24(21,22)17-15-9-4-3-8-14(15)16-23(2,19)20/h3-10,16-17H,1-2H3. The van der Waals surface area contributed by atoms with Crippen LogP contribution >= 0.6 is 0 Å². The number of anilines is 2. The monoisotopic (exact) mass is 368 g/mol. The molecule has 2 rings (SSSR count). The molecule has 0 atom stereocenters. The third-order valence-electron chi connectivity index (χ3n) is 3.02. The molecule has 0 radical (unpaired) electrons. The van der Waals surface area contributed by atoms with Crippen molar-refractivity contribution in [2.24, 2.45) is 0 Å². The van der Waals surface area contributed by atoms with Gasteiger partial charge in [-0.15, -0.1) is 0 Å². The average molecular weight is 368 g/mol. The predicted molar refractivity (Wildman–Crippen MR) is 92.2 cm³/mol. The third kappa shape index (κ3) is 4.56. The van der Waals surface area contributed by atoms with Crippen LogP contribution in [0.2, 0.25) is 0 Å². The van der Waals surface area contributed by atoms with Gasteiger partial charge in [0.05, 0.1) is 22.5 Å². The first kappa shape index (κ1) is 18.0. The van der Waals surface area contributed by atoms with Crippen molar-refractivity contribution in [3.8, 4) is 0 Å². The van der Waals surface area contributed by atoms with Crippen molar-refractivity contribution < 1.29 is 21.6 Å². The molecule has 0 fully saturated rings. The van der Waals surface area contributed by atoms with Gasteiger partial charge in [0.1, 0.15) is 0 Å². The molecule has 0 bridgehead atoms. The van der Waals surface area contributed by atoms with E-state index in [0.29, 0.717) is 0 Å². The first-order valence-electron chi connectivity index (χ1n) is 6.79. The summed E-state index contributed by atoms with van der Waals surface area (Å²) in [5, 5.41) is 0. The van der Waals surface area contributed by atoms with Crippen molar-refractivity contribution in [2.45, 2.75) is 11.8 Å². The average Bonchev–Trinajstić information content (AvgIpc) is 2.48. The molecule has 0 spiro atoms. The molecule has 9 heteroatoms. The number of sulfonamides is 2. The lowest BCUT2D eigenvalue weighted by Crippen LogP contribution is -2.16. The highest BCUT2D eigenvalue weighted by molar-refractivity contribution is 7.93. The number of rotatable bonds is 6. The minimum atomic E-state index is -3.98. The second kappa shape index (κ2) is 6.62. The molecule has 2 aromatic rings. The van der Waals surface area contributed by atoms with Crippen molar-refractivity contribution in [2.75, 3.05) is 15.7 Å². The zero-order valence-electron chi connectivity index (χ0n) is 13.0. The number of benzene rings is 2. The summed E-state index contributed by atoms with van der Waals surface area (Å²) in [7, 11) is -7.55.